The first-order chi connectivity index (χ1) is 8.65. The van der Waals surface area contributed by atoms with E-state index in [0.717, 1.165) is 28.0 Å². The van der Waals surface area contributed by atoms with E-state index in [1.54, 1.807) is 22.7 Å². The molecular formula is C12H13ClN2OS2. The number of hydrogen-bond acceptors (Lipinski definition) is 4. The van der Waals surface area contributed by atoms with E-state index in [1.165, 1.54) is 11.8 Å². The number of amides is 1. The molecule has 0 aliphatic heterocycles. The zero-order valence-corrected chi connectivity index (χ0v) is 12.2. The van der Waals surface area contributed by atoms with Gasteiger partial charge in [0.15, 0.2) is 0 Å². The maximum Gasteiger partial charge on any atom is 0.221 e. The van der Waals surface area contributed by atoms with Crippen LogP contribution >= 0.6 is 34.3 Å². The normalized spacial score (nSPS) is 10.6. The number of carbonyl (C=O) groups is 1. The van der Waals surface area contributed by atoms with E-state index < -0.39 is 0 Å². The molecule has 1 amide bonds. The van der Waals surface area contributed by atoms with Crippen LogP contribution in [0.5, 0.6) is 0 Å². The lowest BCUT2D eigenvalue weighted by atomic mass is 10.3. The fraction of sp³-hybridized carbons (Fsp3) is 0.250. The number of carbonyl (C=O) groups excluding carboxylic acids is 1. The molecule has 3 nitrogen and oxygen atoms in total. The Kier molecular flexibility index (Phi) is 4.77. The van der Waals surface area contributed by atoms with Crippen LogP contribution in [-0.4, -0.2) is 5.91 Å². The Morgan fingerprint density at radius 2 is 2.17 bits per heavy atom. The van der Waals surface area contributed by atoms with Crippen LogP contribution in [0.1, 0.15) is 16.7 Å². The molecule has 2 N–H and O–H groups in total. The lowest BCUT2D eigenvalue weighted by Gasteiger charge is -2.05. The standard InChI is InChI=1S/C12H13ClN2OS2/c1-8(16)15-10-4-5-17-11(10)7-14-6-9-2-3-12(13)18-9/h2-5,14H,6-7H2,1H3,(H,15,16). The molecule has 0 aliphatic carbocycles. The summed E-state index contributed by atoms with van der Waals surface area (Å²) in [5.74, 6) is -0.0420. The first-order valence-electron chi connectivity index (χ1n) is 5.44. The highest BCUT2D eigenvalue weighted by Gasteiger charge is 2.05. The first-order valence-corrected chi connectivity index (χ1v) is 7.51. The Morgan fingerprint density at radius 3 is 2.83 bits per heavy atom. The van der Waals surface area contributed by atoms with E-state index in [2.05, 4.69) is 10.6 Å². The molecule has 6 heteroatoms. The molecule has 0 atom stereocenters. The fourth-order valence-corrected chi connectivity index (χ4v) is 3.38. The summed E-state index contributed by atoms with van der Waals surface area (Å²) < 4.78 is 0.807. The van der Waals surface area contributed by atoms with E-state index in [0.29, 0.717) is 0 Å². The Bertz CT molecular complexity index is 536. The molecule has 2 aromatic heterocycles. The van der Waals surface area contributed by atoms with Gasteiger partial charge in [-0.25, -0.2) is 0 Å². The van der Waals surface area contributed by atoms with Gasteiger partial charge in [-0.2, -0.15) is 0 Å². The maximum atomic E-state index is 11.0. The van der Waals surface area contributed by atoms with E-state index in [4.69, 9.17) is 11.6 Å². The summed E-state index contributed by atoms with van der Waals surface area (Å²) in [6.07, 6.45) is 0. The van der Waals surface area contributed by atoms with Crippen molar-refractivity contribution in [2.75, 3.05) is 5.32 Å². The zero-order valence-electron chi connectivity index (χ0n) is 9.83. The third-order valence-corrected chi connectivity index (χ3v) is 4.42. The summed E-state index contributed by atoms with van der Waals surface area (Å²) in [4.78, 5) is 13.4. The second kappa shape index (κ2) is 6.33. The molecule has 96 valence electrons. The monoisotopic (exact) mass is 300 g/mol. The highest BCUT2D eigenvalue weighted by Crippen LogP contribution is 2.23. The van der Waals surface area contributed by atoms with Gasteiger partial charge in [-0.15, -0.1) is 22.7 Å². The molecule has 18 heavy (non-hydrogen) atoms. The summed E-state index contributed by atoms with van der Waals surface area (Å²) >= 11 is 9.08. The predicted octanol–water partition coefficient (Wildman–Crippen LogP) is 3.71. The summed E-state index contributed by atoms with van der Waals surface area (Å²) in [6, 6.07) is 5.84. The molecule has 0 unspecified atom stereocenters. The van der Waals surface area contributed by atoms with E-state index in [9.17, 15) is 4.79 Å². The number of halogens is 1. The minimum Gasteiger partial charge on any atom is -0.325 e. The molecule has 0 saturated carbocycles. The fourth-order valence-electron chi connectivity index (χ4n) is 1.52. The second-order valence-electron chi connectivity index (χ2n) is 3.75. The van der Waals surface area contributed by atoms with Crippen molar-refractivity contribution in [2.45, 2.75) is 20.0 Å². The quantitative estimate of drug-likeness (QED) is 0.884. The van der Waals surface area contributed by atoms with Gasteiger partial charge in [0.2, 0.25) is 5.91 Å². The van der Waals surface area contributed by atoms with Gasteiger partial charge in [0, 0.05) is 29.8 Å². The van der Waals surface area contributed by atoms with Gasteiger partial charge in [-0.3, -0.25) is 4.79 Å². The molecule has 0 aromatic carbocycles. The van der Waals surface area contributed by atoms with E-state index >= 15 is 0 Å². The van der Waals surface area contributed by atoms with Crippen LogP contribution in [0.2, 0.25) is 4.34 Å². The first kappa shape index (κ1) is 13.5. The molecule has 2 rings (SSSR count). The number of hydrogen-bond donors (Lipinski definition) is 2. The largest absolute Gasteiger partial charge is 0.325 e. The molecule has 0 radical (unpaired) electrons. The summed E-state index contributed by atoms with van der Waals surface area (Å²) in [6.45, 7) is 3.04. The van der Waals surface area contributed by atoms with Gasteiger partial charge < -0.3 is 10.6 Å². The van der Waals surface area contributed by atoms with Crippen molar-refractivity contribution in [3.63, 3.8) is 0 Å². The van der Waals surface area contributed by atoms with E-state index in [-0.39, 0.29) is 5.91 Å². The Morgan fingerprint density at radius 1 is 1.33 bits per heavy atom. The number of nitrogens with one attached hydrogen (secondary N) is 2. The average molecular weight is 301 g/mol. The minimum atomic E-state index is -0.0420. The number of rotatable bonds is 5. The van der Waals surface area contributed by atoms with Gasteiger partial charge in [0.05, 0.1) is 10.0 Å². The lowest BCUT2D eigenvalue weighted by Crippen LogP contribution is -2.13. The van der Waals surface area contributed by atoms with Crippen LogP contribution in [-0.2, 0) is 17.9 Å². The zero-order chi connectivity index (χ0) is 13.0. The minimum absolute atomic E-state index is 0.0420. The van der Waals surface area contributed by atoms with Gasteiger partial charge in [-0.05, 0) is 23.6 Å². The van der Waals surface area contributed by atoms with Crippen molar-refractivity contribution in [1.29, 1.82) is 0 Å². The predicted molar refractivity (Wildman–Crippen MR) is 78.5 cm³/mol. The summed E-state index contributed by atoms with van der Waals surface area (Å²) in [7, 11) is 0. The highest BCUT2D eigenvalue weighted by molar-refractivity contribution is 7.16. The van der Waals surface area contributed by atoms with Crippen LogP contribution in [0.4, 0.5) is 5.69 Å². The van der Waals surface area contributed by atoms with Crippen LogP contribution in [0, 0.1) is 0 Å². The molecule has 2 heterocycles. The molecule has 0 saturated heterocycles. The lowest BCUT2D eigenvalue weighted by molar-refractivity contribution is -0.114. The second-order valence-corrected chi connectivity index (χ2v) is 6.55. The number of anilines is 1. The maximum absolute atomic E-state index is 11.0. The van der Waals surface area contributed by atoms with Crippen LogP contribution in [0.15, 0.2) is 23.6 Å². The van der Waals surface area contributed by atoms with Gasteiger partial charge in [0.1, 0.15) is 0 Å². The molecule has 0 spiro atoms. The SMILES string of the molecule is CC(=O)Nc1ccsc1CNCc1ccc(Cl)s1. The molecule has 0 fully saturated rings. The summed E-state index contributed by atoms with van der Waals surface area (Å²) in [5, 5.41) is 8.14. The van der Waals surface area contributed by atoms with Gasteiger partial charge in [0.25, 0.3) is 0 Å². The van der Waals surface area contributed by atoms with Crippen molar-refractivity contribution in [1.82, 2.24) is 5.32 Å². The molecule has 0 bridgehead atoms. The van der Waals surface area contributed by atoms with Crippen molar-refractivity contribution in [3.8, 4) is 0 Å². The van der Waals surface area contributed by atoms with Crippen molar-refractivity contribution in [3.05, 3.63) is 37.7 Å². The van der Waals surface area contributed by atoms with Crippen molar-refractivity contribution < 1.29 is 4.79 Å². The third-order valence-electron chi connectivity index (χ3n) is 2.27. The third kappa shape index (κ3) is 3.81. The van der Waals surface area contributed by atoms with Gasteiger partial charge >= 0.3 is 0 Å². The Balaban J connectivity index is 1.86. The Hall–Kier alpha value is -0.880. The van der Waals surface area contributed by atoms with Crippen molar-refractivity contribution in [2.24, 2.45) is 0 Å². The van der Waals surface area contributed by atoms with Crippen molar-refractivity contribution >= 4 is 45.9 Å². The Labute approximate surface area is 119 Å². The number of thiophene rings is 2. The van der Waals surface area contributed by atoms with Crippen LogP contribution in [0.3, 0.4) is 0 Å². The molecule has 2 aromatic rings. The van der Waals surface area contributed by atoms with Crippen LogP contribution < -0.4 is 10.6 Å². The van der Waals surface area contributed by atoms with E-state index in [1.807, 2.05) is 23.6 Å². The smallest absolute Gasteiger partial charge is 0.221 e. The topological polar surface area (TPSA) is 41.1 Å². The van der Waals surface area contributed by atoms with Crippen LogP contribution in [0.25, 0.3) is 0 Å². The summed E-state index contributed by atoms with van der Waals surface area (Å²) in [5.41, 5.74) is 0.893. The highest BCUT2D eigenvalue weighted by atomic mass is 35.5. The molecule has 0 aliphatic rings. The average Bonchev–Trinajstić information content (AvgIpc) is 2.88. The van der Waals surface area contributed by atoms with Gasteiger partial charge in [-0.1, -0.05) is 11.6 Å². The molecular weight excluding hydrogens is 288 g/mol.